The van der Waals surface area contributed by atoms with Crippen LogP contribution < -0.4 is 5.73 Å². The van der Waals surface area contributed by atoms with Gasteiger partial charge in [0.25, 0.3) is 0 Å². The van der Waals surface area contributed by atoms with Gasteiger partial charge < -0.3 is 15.2 Å². The first-order valence-electron chi connectivity index (χ1n) is 4.30. The van der Waals surface area contributed by atoms with E-state index in [0.717, 1.165) is 0 Å². The standard InChI is InChI=1S/C9H19NO3/c1-9(2,3)7(10)8(11)13-6-5-12-4/h7H,5-6,10H2,1-4H3/t7-/m0/s1. The van der Waals surface area contributed by atoms with Crippen molar-refractivity contribution in [2.24, 2.45) is 11.1 Å². The highest BCUT2D eigenvalue weighted by Gasteiger charge is 2.28. The fourth-order valence-corrected chi connectivity index (χ4v) is 0.669. The van der Waals surface area contributed by atoms with E-state index in [1.54, 1.807) is 7.11 Å². The lowest BCUT2D eigenvalue weighted by atomic mass is 9.87. The van der Waals surface area contributed by atoms with Gasteiger partial charge in [-0.1, -0.05) is 20.8 Å². The van der Waals surface area contributed by atoms with Gasteiger partial charge in [0, 0.05) is 7.11 Å². The Bertz CT molecular complexity index is 163. The van der Waals surface area contributed by atoms with Crippen molar-refractivity contribution in [2.45, 2.75) is 26.8 Å². The second kappa shape index (κ2) is 5.19. The summed E-state index contributed by atoms with van der Waals surface area (Å²) in [7, 11) is 1.55. The summed E-state index contributed by atoms with van der Waals surface area (Å²) in [6, 6.07) is -0.579. The molecule has 0 unspecified atom stereocenters. The molecule has 0 saturated heterocycles. The number of ether oxygens (including phenoxy) is 2. The van der Waals surface area contributed by atoms with Gasteiger partial charge in [-0.15, -0.1) is 0 Å². The maximum Gasteiger partial charge on any atom is 0.323 e. The van der Waals surface area contributed by atoms with Gasteiger partial charge in [0.05, 0.1) is 6.61 Å². The van der Waals surface area contributed by atoms with Crippen LogP contribution in [0.2, 0.25) is 0 Å². The third kappa shape index (κ3) is 4.85. The molecule has 4 nitrogen and oxygen atoms in total. The molecule has 0 heterocycles. The zero-order chi connectivity index (χ0) is 10.5. The molecule has 78 valence electrons. The molecule has 0 aromatic rings. The summed E-state index contributed by atoms with van der Waals surface area (Å²) in [4.78, 5) is 11.3. The van der Waals surface area contributed by atoms with E-state index in [2.05, 4.69) is 0 Å². The van der Waals surface area contributed by atoms with Gasteiger partial charge in [0.15, 0.2) is 0 Å². The van der Waals surface area contributed by atoms with Crippen molar-refractivity contribution < 1.29 is 14.3 Å². The molecule has 0 saturated carbocycles. The summed E-state index contributed by atoms with van der Waals surface area (Å²) < 4.78 is 9.62. The van der Waals surface area contributed by atoms with E-state index >= 15 is 0 Å². The van der Waals surface area contributed by atoms with E-state index in [9.17, 15) is 4.79 Å². The molecule has 2 N–H and O–H groups in total. The molecule has 0 fully saturated rings. The van der Waals surface area contributed by atoms with Crippen LogP contribution in [0.4, 0.5) is 0 Å². The number of rotatable bonds is 4. The van der Waals surface area contributed by atoms with Gasteiger partial charge in [-0.25, -0.2) is 0 Å². The van der Waals surface area contributed by atoms with Crippen molar-refractivity contribution in [3.8, 4) is 0 Å². The minimum atomic E-state index is -0.579. The molecule has 0 aliphatic rings. The Kier molecular flexibility index (Phi) is 4.95. The molecule has 0 aliphatic heterocycles. The van der Waals surface area contributed by atoms with Gasteiger partial charge in [-0.3, -0.25) is 4.79 Å². The lowest BCUT2D eigenvalue weighted by Crippen LogP contribution is -2.43. The average Bonchev–Trinajstić information content (AvgIpc) is 2.01. The highest BCUT2D eigenvalue weighted by molar-refractivity contribution is 5.76. The number of hydrogen-bond acceptors (Lipinski definition) is 4. The summed E-state index contributed by atoms with van der Waals surface area (Å²) in [5, 5.41) is 0. The van der Waals surface area contributed by atoms with Crippen LogP contribution >= 0.6 is 0 Å². The summed E-state index contributed by atoms with van der Waals surface area (Å²) in [6.07, 6.45) is 0. The first kappa shape index (κ1) is 12.4. The van der Waals surface area contributed by atoms with E-state index in [1.807, 2.05) is 20.8 Å². The monoisotopic (exact) mass is 189 g/mol. The van der Waals surface area contributed by atoms with Crippen LogP contribution in [0.1, 0.15) is 20.8 Å². The topological polar surface area (TPSA) is 61.5 Å². The second-order valence-corrected chi connectivity index (χ2v) is 4.00. The molecule has 0 spiro atoms. The Morgan fingerprint density at radius 1 is 1.38 bits per heavy atom. The van der Waals surface area contributed by atoms with E-state index in [0.29, 0.717) is 6.61 Å². The Hall–Kier alpha value is -0.610. The summed E-state index contributed by atoms with van der Waals surface area (Å²) in [5.74, 6) is -0.371. The fourth-order valence-electron chi connectivity index (χ4n) is 0.669. The Morgan fingerprint density at radius 3 is 2.31 bits per heavy atom. The quantitative estimate of drug-likeness (QED) is 0.518. The number of nitrogens with two attached hydrogens (primary N) is 1. The molecule has 0 rings (SSSR count). The molecule has 1 atom stereocenters. The van der Waals surface area contributed by atoms with Crippen molar-refractivity contribution in [3.63, 3.8) is 0 Å². The van der Waals surface area contributed by atoms with Crippen LogP contribution in [0.25, 0.3) is 0 Å². The number of methoxy groups -OCH3 is 1. The largest absolute Gasteiger partial charge is 0.462 e. The average molecular weight is 189 g/mol. The minimum absolute atomic E-state index is 0.260. The predicted octanol–water partition coefficient (Wildman–Crippen LogP) is 0.549. The van der Waals surface area contributed by atoms with Crippen LogP contribution in [0.15, 0.2) is 0 Å². The first-order chi connectivity index (χ1) is 5.89. The van der Waals surface area contributed by atoms with Crippen LogP contribution in [0, 0.1) is 5.41 Å². The van der Waals surface area contributed by atoms with Gasteiger partial charge in [-0.05, 0) is 5.41 Å². The van der Waals surface area contributed by atoms with E-state index in [4.69, 9.17) is 15.2 Å². The zero-order valence-electron chi connectivity index (χ0n) is 8.79. The molecule has 0 amide bonds. The predicted molar refractivity (Wildman–Crippen MR) is 50.3 cm³/mol. The number of esters is 1. The van der Waals surface area contributed by atoms with Crippen molar-refractivity contribution in [3.05, 3.63) is 0 Å². The highest BCUT2D eigenvalue weighted by Crippen LogP contribution is 2.17. The van der Waals surface area contributed by atoms with E-state index in [1.165, 1.54) is 0 Å². The Labute approximate surface area is 79.4 Å². The van der Waals surface area contributed by atoms with Crippen LogP contribution in [-0.2, 0) is 14.3 Å². The van der Waals surface area contributed by atoms with Gasteiger partial charge >= 0.3 is 5.97 Å². The number of carbonyl (C=O) groups excluding carboxylic acids is 1. The van der Waals surface area contributed by atoms with Crippen LogP contribution in [-0.4, -0.2) is 32.3 Å². The lowest BCUT2D eigenvalue weighted by Gasteiger charge is -2.24. The summed E-state index contributed by atoms with van der Waals surface area (Å²) in [5.41, 5.74) is 5.40. The zero-order valence-corrected chi connectivity index (χ0v) is 8.79. The van der Waals surface area contributed by atoms with Crippen molar-refractivity contribution >= 4 is 5.97 Å². The summed E-state index contributed by atoms with van der Waals surface area (Å²) in [6.45, 7) is 6.36. The third-order valence-electron chi connectivity index (χ3n) is 1.72. The van der Waals surface area contributed by atoms with E-state index in [-0.39, 0.29) is 18.0 Å². The third-order valence-corrected chi connectivity index (χ3v) is 1.72. The Morgan fingerprint density at radius 2 is 1.92 bits per heavy atom. The molecule has 0 aromatic heterocycles. The molecule has 0 aromatic carbocycles. The van der Waals surface area contributed by atoms with Gasteiger partial charge in [0.2, 0.25) is 0 Å². The summed E-state index contributed by atoms with van der Waals surface area (Å²) >= 11 is 0. The first-order valence-corrected chi connectivity index (χ1v) is 4.30. The minimum Gasteiger partial charge on any atom is -0.462 e. The smallest absolute Gasteiger partial charge is 0.323 e. The molecule has 4 heteroatoms. The maximum absolute atomic E-state index is 11.3. The lowest BCUT2D eigenvalue weighted by molar-refractivity contribution is -0.149. The van der Waals surface area contributed by atoms with Crippen molar-refractivity contribution in [1.29, 1.82) is 0 Å². The molecule has 13 heavy (non-hydrogen) atoms. The molecular weight excluding hydrogens is 170 g/mol. The Balaban J connectivity index is 3.84. The SMILES string of the molecule is COCCOC(=O)[C@H](N)C(C)(C)C. The normalized spacial score (nSPS) is 13.9. The maximum atomic E-state index is 11.3. The van der Waals surface area contributed by atoms with Crippen molar-refractivity contribution in [2.75, 3.05) is 20.3 Å². The highest BCUT2D eigenvalue weighted by atomic mass is 16.6. The molecule has 0 radical (unpaired) electrons. The number of carbonyl (C=O) groups is 1. The number of hydrogen-bond donors (Lipinski definition) is 1. The van der Waals surface area contributed by atoms with Crippen LogP contribution in [0.5, 0.6) is 0 Å². The fraction of sp³-hybridized carbons (Fsp3) is 0.889. The van der Waals surface area contributed by atoms with E-state index < -0.39 is 6.04 Å². The molecule has 0 bridgehead atoms. The van der Waals surface area contributed by atoms with Crippen LogP contribution in [0.3, 0.4) is 0 Å². The van der Waals surface area contributed by atoms with Crippen molar-refractivity contribution in [1.82, 2.24) is 0 Å². The second-order valence-electron chi connectivity index (χ2n) is 4.00. The van der Waals surface area contributed by atoms with Gasteiger partial charge in [-0.2, -0.15) is 0 Å². The molecular formula is C9H19NO3. The van der Waals surface area contributed by atoms with Gasteiger partial charge in [0.1, 0.15) is 12.6 Å². The molecule has 0 aliphatic carbocycles.